The molecule has 1 fully saturated rings. The van der Waals surface area contributed by atoms with E-state index in [1.807, 2.05) is 0 Å². The lowest BCUT2D eigenvalue weighted by molar-refractivity contribution is 0.0697. The lowest BCUT2D eigenvalue weighted by Crippen LogP contribution is -2.30. The third-order valence-electron chi connectivity index (χ3n) is 3.45. The SMILES string of the molecule is O=C(O)c1ccc(CNCC2CCCS2(=O)=O)c(Br)c1. The van der Waals surface area contributed by atoms with E-state index in [1.165, 1.54) is 6.07 Å². The molecule has 1 aliphatic heterocycles. The van der Waals surface area contributed by atoms with Gasteiger partial charge in [0, 0.05) is 17.6 Å². The van der Waals surface area contributed by atoms with Crippen molar-refractivity contribution < 1.29 is 18.3 Å². The standard InChI is InChI=1S/C13H16BrNO4S/c14-12-6-9(13(16)17)3-4-10(12)7-15-8-11-2-1-5-20(11,18)19/h3-4,6,11,15H,1-2,5,7-8H2,(H,16,17). The summed E-state index contributed by atoms with van der Waals surface area (Å²) in [6.07, 6.45) is 1.46. The molecule has 1 heterocycles. The first-order valence-corrected chi connectivity index (χ1v) is 8.85. The van der Waals surface area contributed by atoms with Gasteiger partial charge in [0.15, 0.2) is 9.84 Å². The lowest BCUT2D eigenvalue weighted by Gasteiger charge is -2.12. The zero-order chi connectivity index (χ0) is 14.8. The summed E-state index contributed by atoms with van der Waals surface area (Å²) < 4.78 is 24.1. The summed E-state index contributed by atoms with van der Waals surface area (Å²) in [4.78, 5) is 10.8. The van der Waals surface area contributed by atoms with Crippen LogP contribution in [0.25, 0.3) is 0 Å². The summed E-state index contributed by atoms with van der Waals surface area (Å²) in [6, 6.07) is 4.81. The summed E-state index contributed by atoms with van der Waals surface area (Å²) in [5, 5.41) is 11.7. The van der Waals surface area contributed by atoms with Crippen molar-refractivity contribution in [1.29, 1.82) is 0 Å². The maximum Gasteiger partial charge on any atom is 0.335 e. The number of hydrogen-bond acceptors (Lipinski definition) is 4. The Balaban J connectivity index is 1.93. The number of carboxylic acids is 1. The summed E-state index contributed by atoms with van der Waals surface area (Å²) >= 11 is 3.33. The molecule has 0 radical (unpaired) electrons. The molecule has 7 heteroatoms. The molecule has 0 amide bonds. The van der Waals surface area contributed by atoms with Crippen LogP contribution in [0.5, 0.6) is 0 Å². The molecule has 5 nitrogen and oxygen atoms in total. The Bertz CT molecular complexity index is 615. The molecule has 0 aliphatic carbocycles. The number of carboxylic acid groups (broad SMARTS) is 1. The Morgan fingerprint density at radius 1 is 1.45 bits per heavy atom. The highest BCUT2D eigenvalue weighted by Gasteiger charge is 2.30. The van der Waals surface area contributed by atoms with E-state index in [1.54, 1.807) is 12.1 Å². The van der Waals surface area contributed by atoms with Crippen LogP contribution in [0.15, 0.2) is 22.7 Å². The van der Waals surface area contributed by atoms with Crippen LogP contribution in [0.3, 0.4) is 0 Å². The molecule has 1 aromatic rings. The fourth-order valence-electron chi connectivity index (χ4n) is 2.28. The van der Waals surface area contributed by atoms with Crippen molar-refractivity contribution >= 4 is 31.7 Å². The Labute approximate surface area is 126 Å². The zero-order valence-corrected chi connectivity index (χ0v) is 13.2. The first-order valence-electron chi connectivity index (χ1n) is 6.34. The number of sulfone groups is 1. The van der Waals surface area contributed by atoms with Gasteiger partial charge in [-0.1, -0.05) is 22.0 Å². The van der Waals surface area contributed by atoms with Crippen molar-refractivity contribution in [2.45, 2.75) is 24.6 Å². The Morgan fingerprint density at radius 2 is 2.20 bits per heavy atom. The largest absolute Gasteiger partial charge is 0.478 e. The normalized spacial score (nSPS) is 20.9. The fourth-order valence-corrected chi connectivity index (χ4v) is 4.60. The van der Waals surface area contributed by atoms with Crippen LogP contribution in [-0.2, 0) is 16.4 Å². The number of halogens is 1. The summed E-state index contributed by atoms with van der Waals surface area (Å²) in [5.74, 6) is -0.682. The predicted molar refractivity (Wildman–Crippen MR) is 79.6 cm³/mol. The monoisotopic (exact) mass is 361 g/mol. The van der Waals surface area contributed by atoms with Crippen molar-refractivity contribution in [1.82, 2.24) is 5.32 Å². The van der Waals surface area contributed by atoms with Gasteiger partial charge < -0.3 is 10.4 Å². The Kier molecular flexibility index (Phi) is 4.82. The Morgan fingerprint density at radius 3 is 2.75 bits per heavy atom. The molecule has 20 heavy (non-hydrogen) atoms. The van der Waals surface area contributed by atoms with Crippen LogP contribution in [0, 0.1) is 0 Å². The molecule has 1 saturated heterocycles. The molecule has 0 aromatic heterocycles. The van der Waals surface area contributed by atoms with E-state index in [0.29, 0.717) is 24.0 Å². The third-order valence-corrected chi connectivity index (χ3v) is 6.46. The van der Waals surface area contributed by atoms with Gasteiger partial charge in [0.25, 0.3) is 0 Å². The highest BCUT2D eigenvalue weighted by molar-refractivity contribution is 9.10. The number of nitrogens with one attached hydrogen (secondary N) is 1. The maximum absolute atomic E-state index is 11.7. The second-order valence-electron chi connectivity index (χ2n) is 4.87. The molecule has 0 saturated carbocycles. The number of benzene rings is 1. The zero-order valence-electron chi connectivity index (χ0n) is 10.8. The van der Waals surface area contributed by atoms with E-state index in [0.717, 1.165) is 12.0 Å². The summed E-state index contributed by atoms with van der Waals surface area (Å²) in [7, 11) is -2.92. The maximum atomic E-state index is 11.7. The van der Waals surface area contributed by atoms with Crippen LogP contribution in [-0.4, -0.2) is 37.0 Å². The van der Waals surface area contributed by atoms with Crippen molar-refractivity contribution in [2.75, 3.05) is 12.3 Å². The second-order valence-corrected chi connectivity index (χ2v) is 8.13. The van der Waals surface area contributed by atoms with Gasteiger partial charge in [0.05, 0.1) is 16.6 Å². The minimum atomic E-state index is -2.92. The first-order chi connectivity index (χ1) is 9.40. The van der Waals surface area contributed by atoms with E-state index in [4.69, 9.17) is 5.11 Å². The van der Waals surface area contributed by atoms with Gasteiger partial charge >= 0.3 is 5.97 Å². The van der Waals surface area contributed by atoms with Crippen LogP contribution < -0.4 is 5.32 Å². The van der Waals surface area contributed by atoms with E-state index >= 15 is 0 Å². The van der Waals surface area contributed by atoms with Crippen molar-refractivity contribution in [3.05, 3.63) is 33.8 Å². The quantitative estimate of drug-likeness (QED) is 0.835. The van der Waals surface area contributed by atoms with Gasteiger partial charge in [-0.2, -0.15) is 0 Å². The van der Waals surface area contributed by atoms with Crippen LogP contribution in [0.1, 0.15) is 28.8 Å². The predicted octanol–water partition coefficient (Wildman–Crippen LogP) is 1.81. The number of aromatic carboxylic acids is 1. The van der Waals surface area contributed by atoms with Crippen molar-refractivity contribution in [3.8, 4) is 0 Å². The molecule has 1 aromatic carbocycles. The van der Waals surface area contributed by atoms with Crippen LogP contribution in [0.2, 0.25) is 0 Å². The lowest BCUT2D eigenvalue weighted by atomic mass is 10.1. The number of hydrogen-bond donors (Lipinski definition) is 2. The summed E-state index contributed by atoms with van der Waals surface area (Å²) in [5.41, 5.74) is 1.13. The first kappa shape index (κ1) is 15.5. The minimum absolute atomic E-state index is 0.221. The average molecular weight is 362 g/mol. The minimum Gasteiger partial charge on any atom is -0.478 e. The van der Waals surface area contributed by atoms with Gasteiger partial charge in [0.2, 0.25) is 0 Å². The smallest absolute Gasteiger partial charge is 0.335 e. The van der Waals surface area contributed by atoms with E-state index in [9.17, 15) is 13.2 Å². The van der Waals surface area contributed by atoms with Crippen LogP contribution >= 0.6 is 15.9 Å². The molecule has 2 N–H and O–H groups in total. The van der Waals surface area contributed by atoms with Gasteiger partial charge in [0.1, 0.15) is 0 Å². The molecular formula is C13H16BrNO4S. The molecule has 1 atom stereocenters. The highest BCUT2D eigenvalue weighted by Crippen LogP contribution is 2.21. The number of rotatable bonds is 5. The van der Waals surface area contributed by atoms with Gasteiger partial charge in [-0.05, 0) is 30.5 Å². The molecule has 110 valence electrons. The average Bonchev–Trinajstić information content (AvgIpc) is 2.70. The molecular weight excluding hydrogens is 346 g/mol. The summed E-state index contributed by atoms with van der Waals surface area (Å²) in [6.45, 7) is 0.946. The van der Waals surface area contributed by atoms with Gasteiger partial charge in [-0.3, -0.25) is 0 Å². The Hall–Kier alpha value is -0.920. The second kappa shape index (κ2) is 6.24. The van der Waals surface area contributed by atoms with E-state index in [2.05, 4.69) is 21.2 Å². The molecule has 1 unspecified atom stereocenters. The fraction of sp³-hybridized carbons (Fsp3) is 0.462. The van der Waals surface area contributed by atoms with Crippen LogP contribution in [0.4, 0.5) is 0 Å². The molecule has 1 aliphatic rings. The van der Waals surface area contributed by atoms with Gasteiger partial charge in [-0.15, -0.1) is 0 Å². The van der Waals surface area contributed by atoms with Crippen molar-refractivity contribution in [3.63, 3.8) is 0 Å². The molecule has 0 bridgehead atoms. The molecule has 2 rings (SSSR count). The molecule has 0 spiro atoms. The van der Waals surface area contributed by atoms with E-state index in [-0.39, 0.29) is 16.6 Å². The van der Waals surface area contributed by atoms with Crippen molar-refractivity contribution in [2.24, 2.45) is 0 Å². The van der Waals surface area contributed by atoms with E-state index < -0.39 is 15.8 Å². The highest BCUT2D eigenvalue weighted by atomic mass is 79.9. The topological polar surface area (TPSA) is 83.5 Å². The number of carbonyl (C=O) groups is 1. The third kappa shape index (κ3) is 3.59. The van der Waals surface area contributed by atoms with Gasteiger partial charge in [-0.25, -0.2) is 13.2 Å².